The number of carbonyl (C=O) groups excluding carboxylic acids is 1. The second-order valence-electron chi connectivity index (χ2n) is 6.37. The molecule has 0 heterocycles. The highest BCUT2D eigenvalue weighted by molar-refractivity contribution is 5.75. The van der Waals surface area contributed by atoms with Crippen LogP contribution in [0.3, 0.4) is 0 Å². The van der Waals surface area contributed by atoms with Gasteiger partial charge in [-0.05, 0) is 54.9 Å². The van der Waals surface area contributed by atoms with Crippen LogP contribution in [-0.2, 0) is 24.2 Å². The second kappa shape index (κ2) is 9.56. The molecule has 1 amide bonds. The molecule has 1 aromatic rings. The van der Waals surface area contributed by atoms with Crippen molar-refractivity contribution in [3.05, 3.63) is 28.8 Å². The minimum atomic E-state index is -0.314. The van der Waals surface area contributed by atoms with Gasteiger partial charge in [0.25, 0.3) is 0 Å². The van der Waals surface area contributed by atoms with Crippen LogP contribution in [0.15, 0.2) is 12.1 Å². The maximum Gasteiger partial charge on any atom is 0.231 e. The van der Waals surface area contributed by atoms with E-state index in [2.05, 4.69) is 24.4 Å². The highest BCUT2D eigenvalue weighted by atomic mass is 16.5. The first kappa shape index (κ1) is 17.8. The van der Waals surface area contributed by atoms with Gasteiger partial charge in [-0.2, -0.15) is 0 Å². The minimum absolute atomic E-state index is 0.227. The zero-order valence-electron chi connectivity index (χ0n) is 14.3. The average Bonchev–Trinajstić information content (AvgIpc) is 2.55. The molecule has 2 rings (SSSR count). The molecule has 0 atom stereocenters. The van der Waals surface area contributed by atoms with E-state index >= 15 is 0 Å². The van der Waals surface area contributed by atoms with Gasteiger partial charge in [0.15, 0.2) is 0 Å². The quantitative estimate of drug-likeness (QED) is 0.652. The number of carbonyl (C=O) groups is 1. The lowest BCUT2D eigenvalue weighted by molar-refractivity contribution is -0.117. The van der Waals surface area contributed by atoms with Crippen molar-refractivity contribution in [3.63, 3.8) is 0 Å². The molecule has 1 aromatic carbocycles. The molecule has 0 radical (unpaired) electrons. The Bertz CT molecular complexity index is 514. The van der Waals surface area contributed by atoms with Crippen molar-refractivity contribution < 1.29 is 9.53 Å². The van der Waals surface area contributed by atoms with Crippen molar-refractivity contribution in [3.8, 4) is 5.75 Å². The third-order valence-corrected chi connectivity index (χ3v) is 4.46. The van der Waals surface area contributed by atoms with Crippen molar-refractivity contribution in [2.75, 3.05) is 13.2 Å². The van der Waals surface area contributed by atoms with Crippen LogP contribution >= 0.6 is 0 Å². The van der Waals surface area contributed by atoms with E-state index in [1.165, 1.54) is 48.8 Å². The van der Waals surface area contributed by atoms with E-state index < -0.39 is 0 Å². The Hall–Kier alpha value is -1.55. The standard InChI is InChI=1S/C19H30N2O2/c1-2-3-4-7-12-23-18-11-10-15(13-21-14-19(20)22)16-8-5-6-9-17(16)18/h10-11,21H,2-9,12-14H2,1H3,(H2,20,22). The van der Waals surface area contributed by atoms with E-state index in [0.717, 1.165) is 31.6 Å². The molecule has 4 heteroatoms. The average molecular weight is 318 g/mol. The van der Waals surface area contributed by atoms with Crippen molar-refractivity contribution in [2.45, 2.75) is 64.8 Å². The van der Waals surface area contributed by atoms with Crippen LogP contribution in [0.25, 0.3) is 0 Å². The highest BCUT2D eigenvalue weighted by Crippen LogP contribution is 2.32. The summed E-state index contributed by atoms with van der Waals surface area (Å²) in [6.45, 7) is 3.96. The molecule has 0 aliphatic heterocycles. The van der Waals surface area contributed by atoms with Gasteiger partial charge < -0.3 is 15.8 Å². The first-order valence-electron chi connectivity index (χ1n) is 8.97. The lowest BCUT2D eigenvalue weighted by Crippen LogP contribution is -2.28. The highest BCUT2D eigenvalue weighted by Gasteiger charge is 2.17. The molecule has 1 aliphatic rings. The molecule has 3 N–H and O–H groups in total. The Morgan fingerprint density at radius 3 is 2.70 bits per heavy atom. The normalized spacial score (nSPS) is 13.6. The molecule has 0 saturated carbocycles. The van der Waals surface area contributed by atoms with Gasteiger partial charge in [-0.1, -0.05) is 32.3 Å². The fourth-order valence-electron chi connectivity index (χ4n) is 3.24. The van der Waals surface area contributed by atoms with E-state index in [4.69, 9.17) is 10.5 Å². The lowest BCUT2D eigenvalue weighted by Gasteiger charge is -2.23. The summed E-state index contributed by atoms with van der Waals surface area (Å²) in [4.78, 5) is 10.9. The third-order valence-electron chi connectivity index (χ3n) is 4.46. The summed E-state index contributed by atoms with van der Waals surface area (Å²) in [5.74, 6) is 0.751. The predicted molar refractivity (Wildman–Crippen MR) is 93.6 cm³/mol. The number of primary amides is 1. The molecule has 128 valence electrons. The molecule has 4 nitrogen and oxygen atoms in total. The Labute approximate surface area is 139 Å². The lowest BCUT2D eigenvalue weighted by atomic mass is 9.87. The Balaban J connectivity index is 1.99. The fourth-order valence-corrected chi connectivity index (χ4v) is 3.24. The summed E-state index contributed by atoms with van der Waals surface area (Å²) in [5, 5.41) is 3.12. The summed E-state index contributed by atoms with van der Waals surface area (Å²) in [6, 6.07) is 4.24. The van der Waals surface area contributed by atoms with Crippen molar-refractivity contribution in [1.82, 2.24) is 5.32 Å². The molecule has 23 heavy (non-hydrogen) atoms. The van der Waals surface area contributed by atoms with Crippen LogP contribution in [0.5, 0.6) is 5.75 Å². The van der Waals surface area contributed by atoms with Crippen LogP contribution in [0.1, 0.15) is 62.1 Å². The maximum absolute atomic E-state index is 10.9. The van der Waals surface area contributed by atoms with Gasteiger partial charge in [-0.15, -0.1) is 0 Å². The molecule has 0 aromatic heterocycles. The second-order valence-corrected chi connectivity index (χ2v) is 6.37. The van der Waals surface area contributed by atoms with Crippen LogP contribution in [-0.4, -0.2) is 19.1 Å². The number of fused-ring (bicyclic) bond motifs is 1. The van der Waals surface area contributed by atoms with Crippen molar-refractivity contribution in [2.24, 2.45) is 5.73 Å². The monoisotopic (exact) mass is 318 g/mol. The van der Waals surface area contributed by atoms with Crippen LogP contribution in [0, 0.1) is 0 Å². The van der Waals surface area contributed by atoms with Crippen LogP contribution < -0.4 is 15.8 Å². The van der Waals surface area contributed by atoms with E-state index in [1.54, 1.807) is 0 Å². The number of benzene rings is 1. The van der Waals surface area contributed by atoms with E-state index in [1.807, 2.05) is 0 Å². The minimum Gasteiger partial charge on any atom is -0.493 e. The van der Waals surface area contributed by atoms with Crippen molar-refractivity contribution >= 4 is 5.91 Å². The smallest absolute Gasteiger partial charge is 0.231 e. The van der Waals surface area contributed by atoms with Gasteiger partial charge in [-0.25, -0.2) is 0 Å². The van der Waals surface area contributed by atoms with E-state index in [9.17, 15) is 4.79 Å². The fraction of sp³-hybridized carbons (Fsp3) is 0.632. The summed E-state index contributed by atoms with van der Waals surface area (Å²) in [6.07, 6.45) is 9.58. The van der Waals surface area contributed by atoms with Crippen LogP contribution in [0.4, 0.5) is 0 Å². The summed E-state index contributed by atoms with van der Waals surface area (Å²) in [5.41, 5.74) is 9.26. The number of nitrogens with two attached hydrogens (primary N) is 1. The topological polar surface area (TPSA) is 64.3 Å². The van der Waals surface area contributed by atoms with Gasteiger partial charge in [0.1, 0.15) is 5.75 Å². The van der Waals surface area contributed by atoms with Gasteiger partial charge in [-0.3, -0.25) is 4.79 Å². The molecule has 0 fully saturated rings. The van der Waals surface area contributed by atoms with Gasteiger partial charge >= 0.3 is 0 Å². The van der Waals surface area contributed by atoms with Gasteiger partial charge in [0, 0.05) is 6.54 Å². The first-order chi connectivity index (χ1) is 11.2. The first-order valence-corrected chi connectivity index (χ1v) is 8.97. The Kier molecular flexibility index (Phi) is 7.40. The molecule has 0 saturated heterocycles. The summed E-state index contributed by atoms with van der Waals surface area (Å²) >= 11 is 0. The van der Waals surface area contributed by atoms with Gasteiger partial charge in [0.2, 0.25) is 5.91 Å². The number of nitrogens with one attached hydrogen (secondary N) is 1. The van der Waals surface area contributed by atoms with Crippen LogP contribution in [0.2, 0.25) is 0 Å². The number of hydrogen-bond acceptors (Lipinski definition) is 3. The van der Waals surface area contributed by atoms with Crippen molar-refractivity contribution in [1.29, 1.82) is 0 Å². The molecular weight excluding hydrogens is 288 g/mol. The molecular formula is C19H30N2O2. The predicted octanol–water partition coefficient (Wildman–Crippen LogP) is 3.10. The number of rotatable bonds is 10. The number of hydrogen-bond donors (Lipinski definition) is 2. The largest absolute Gasteiger partial charge is 0.493 e. The third kappa shape index (κ3) is 5.54. The number of ether oxygens (including phenoxy) is 1. The molecule has 1 aliphatic carbocycles. The maximum atomic E-state index is 10.9. The van der Waals surface area contributed by atoms with Gasteiger partial charge in [0.05, 0.1) is 13.2 Å². The molecule has 0 unspecified atom stereocenters. The van der Waals surface area contributed by atoms with E-state index in [-0.39, 0.29) is 12.5 Å². The summed E-state index contributed by atoms with van der Waals surface area (Å²) < 4.78 is 6.05. The molecule has 0 spiro atoms. The zero-order valence-corrected chi connectivity index (χ0v) is 14.3. The number of amides is 1. The zero-order chi connectivity index (χ0) is 16.5. The number of unbranched alkanes of at least 4 members (excludes halogenated alkanes) is 3. The summed E-state index contributed by atoms with van der Waals surface area (Å²) in [7, 11) is 0. The Morgan fingerprint density at radius 1 is 1.17 bits per heavy atom. The SMILES string of the molecule is CCCCCCOc1ccc(CNCC(N)=O)c2c1CCCC2. The molecule has 0 bridgehead atoms. The van der Waals surface area contributed by atoms with E-state index in [0.29, 0.717) is 6.54 Å². The Morgan fingerprint density at radius 2 is 1.96 bits per heavy atom.